The van der Waals surface area contributed by atoms with Gasteiger partial charge in [-0.1, -0.05) is 44.2 Å². The van der Waals surface area contributed by atoms with Gasteiger partial charge in [-0.2, -0.15) is 0 Å². The number of amides is 1. The van der Waals surface area contributed by atoms with Gasteiger partial charge in [0, 0.05) is 0 Å². The van der Waals surface area contributed by atoms with E-state index >= 15 is 0 Å². The third kappa shape index (κ3) is 3.58. The molecule has 0 aliphatic rings. The fourth-order valence-corrected chi connectivity index (χ4v) is 1.68. The van der Waals surface area contributed by atoms with Crippen molar-refractivity contribution in [2.24, 2.45) is 5.92 Å². The second-order valence-corrected chi connectivity index (χ2v) is 4.70. The van der Waals surface area contributed by atoms with E-state index in [1.54, 1.807) is 20.8 Å². The maximum absolute atomic E-state index is 12.0. The Bertz CT molecular complexity index is 414. The van der Waals surface area contributed by atoms with Crippen molar-refractivity contribution in [2.45, 2.75) is 32.7 Å². The highest BCUT2D eigenvalue weighted by Crippen LogP contribution is 2.15. The normalized spacial score (nSPS) is 14.0. The molecule has 1 aromatic carbocycles. The van der Waals surface area contributed by atoms with Gasteiger partial charge in [-0.15, -0.1) is 0 Å². The molecule has 4 heteroatoms. The molecule has 0 saturated carbocycles. The third-order valence-electron chi connectivity index (χ3n) is 2.92. The van der Waals surface area contributed by atoms with Crippen molar-refractivity contribution in [3.05, 3.63) is 35.9 Å². The Labute approximate surface area is 107 Å². The van der Waals surface area contributed by atoms with Crippen LogP contribution >= 0.6 is 0 Å². The number of carboxylic acids is 1. The number of benzene rings is 1. The molecule has 0 aliphatic heterocycles. The Hall–Kier alpha value is -1.84. The van der Waals surface area contributed by atoms with Crippen LogP contribution in [0.5, 0.6) is 0 Å². The van der Waals surface area contributed by atoms with E-state index in [-0.39, 0.29) is 17.7 Å². The SMILES string of the molecule is CC(C(=O)NC(C(=O)O)C(C)C)c1ccccc1. The first-order chi connectivity index (χ1) is 8.43. The number of hydrogen-bond acceptors (Lipinski definition) is 2. The predicted octanol–water partition coefficient (Wildman–Crippen LogP) is 2.02. The van der Waals surface area contributed by atoms with Crippen molar-refractivity contribution in [3.8, 4) is 0 Å². The van der Waals surface area contributed by atoms with Gasteiger partial charge in [-0.3, -0.25) is 4.79 Å². The van der Waals surface area contributed by atoms with Gasteiger partial charge in [-0.25, -0.2) is 4.79 Å². The Balaban J connectivity index is 2.73. The smallest absolute Gasteiger partial charge is 0.326 e. The summed E-state index contributed by atoms with van der Waals surface area (Å²) >= 11 is 0. The molecular formula is C14H19NO3. The third-order valence-corrected chi connectivity index (χ3v) is 2.92. The minimum atomic E-state index is -1.00. The lowest BCUT2D eigenvalue weighted by atomic mass is 9.98. The van der Waals surface area contributed by atoms with Crippen molar-refractivity contribution in [1.82, 2.24) is 5.32 Å². The summed E-state index contributed by atoms with van der Waals surface area (Å²) in [4.78, 5) is 23.0. The maximum Gasteiger partial charge on any atom is 0.326 e. The van der Waals surface area contributed by atoms with E-state index in [0.717, 1.165) is 5.56 Å². The van der Waals surface area contributed by atoms with Crippen molar-refractivity contribution in [2.75, 3.05) is 0 Å². The molecule has 0 saturated heterocycles. The standard InChI is InChI=1S/C14H19NO3/c1-9(2)12(14(17)18)15-13(16)10(3)11-7-5-4-6-8-11/h4-10,12H,1-3H3,(H,15,16)(H,17,18). The lowest BCUT2D eigenvalue weighted by Gasteiger charge is -2.20. The predicted molar refractivity (Wildman–Crippen MR) is 69.3 cm³/mol. The Morgan fingerprint density at radius 3 is 2.11 bits per heavy atom. The van der Waals surface area contributed by atoms with E-state index in [0.29, 0.717) is 0 Å². The van der Waals surface area contributed by atoms with Crippen molar-refractivity contribution >= 4 is 11.9 Å². The Morgan fingerprint density at radius 2 is 1.67 bits per heavy atom. The second-order valence-electron chi connectivity index (χ2n) is 4.70. The molecule has 0 fully saturated rings. The fourth-order valence-electron chi connectivity index (χ4n) is 1.68. The zero-order chi connectivity index (χ0) is 13.7. The highest BCUT2D eigenvalue weighted by molar-refractivity contribution is 5.87. The van der Waals surface area contributed by atoms with E-state index < -0.39 is 12.0 Å². The molecule has 0 bridgehead atoms. The zero-order valence-corrected chi connectivity index (χ0v) is 10.9. The average molecular weight is 249 g/mol. The van der Waals surface area contributed by atoms with Crippen LogP contribution in [0.2, 0.25) is 0 Å². The molecule has 0 spiro atoms. The molecule has 2 unspecified atom stereocenters. The molecule has 4 nitrogen and oxygen atoms in total. The van der Waals surface area contributed by atoms with Crippen LogP contribution in [0, 0.1) is 5.92 Å². The van der Waals surface area contributed by atoms with Crippen LogP contribution in [-0.4, -0.2) is 23.0 Å². The monoisotopic (exact) mass is 249 g/mol. The number of carbonyl (C=O) groups excluding carboxylic acids is 1. The summed E-state index contributed by atoms with van der Waals surface area (Å²) in [7, 11) is 0. The minimum absolute atomic E-state index is 0.144. The van der Waals surface area contributed by atoms with Gasteiger partial charge >= 0.3 is 5.97 Å². The van der Waals surface area contributed by atoms with Gasteiger partial charge in [-0.05, 0) is 18.4 Å². The number of hydrogen-bond donors (Lipinski definition) is 2. The number of nitrogens with one attached hydrogen (secondary N) is 1. The first-order valence-corrected chi connectivity index (χ1v) is 6.01. The highest BCUT2D eigenvalue weighted by atomic mass is 16.4. The van der Waals surface area contributed by atoms with Crippen LogP contribution in [0.4, 0.5) is 0 Å². The summed E-state index contributed by atoms with van der Waals surface area (Å²) in [6.07, 6.45) is 0. The second kappa shape index (κ2) is 6.19. The molecule has 0 heterocycles. The summed E-state index contributed by atoms with van der Waals surface area (Å²) in [5.41, 5.74) is 0.878. The van der Waals surface area contributed by atoms with Crippen molar-refractivity contribution in [1.29, 1.82) is 0 Å². The van der Waals surface area contributed by atoms with Crippen LogP contribution in [0.15, 0.2) is 30.3 Å². The lowest BCUT2D eigenvalue weighted by Crippen LogP contribution is -2.45. The molecule has 2 N–H and O–H groups in total. The molecule has 0 aromatic heterocycles. The molecule has 0 aliphatic carbocycles. The Kier molecular flexibility index (Phi) is 4.89. The van der Waals surface area contributed by atoms with Gasteiger partial charge in [0.1, 0.15) is 6.04 Å². The topological polar surface area (TPSA) is 66.4 Å². The minimum Gasteiger partial charge on any atom is -0.480 e. The molecule has 1 aromatic rings. The largest absolute Gasteiger partial charge is 0.480 e. The van der Waals surface area contributed by atoms with Crippen LogP contribution in [0.3, 0.4) is 0 Å². The molecule has 98 valence electrons. The molecule has 0 radical (unpaired) electrons. The van der Waals surface area contributed by atoms with Crippen molar-refractivity contribution < 1.29 is 14.7 Å². The van der Waals surface area contributed by atoms with Gasteiger partial charge in [0.15, 0.2) is 0 Å². The molecule has 18 heavy (non-hydrogen) atoms. The van der Waals surface area contributed by atoms with E-state index in [2.05, 4.69) is 5.32 Å². The van der Waals surface area contributed by atoms with E-state index in [4.69, 9.17) is 5.11 Å². The quantitative estimate of drug-likeness (QED) is 0.839. The van der Waals surface area contributed by atoms with Gasteiger partial charge in [0.2, 0.25) is 5.91 Å². The van der Waals surface area contributed by atoms with Crippen LogP contribution in [0.25, 0.3) is 0 Å². The van der Waals surface area contributed by atoms with Crippen LogP contribution < -0.4 is 5.32 Å². The zero-order valence-electron chi connectivity index (χ0n) is 10.9. The summed E-state index contributed by atoms with van der Waals surface area (Å²) in [6, 6.07) is 8.46. The average Bonchev–Trinajstić information content (AvgIpc) is 2.35. The fraction of sp³-hybridized carbons (Fsp3) is 0.429. The van der Waals surface area contributed by atoms with Crippen molar-refractivity contribution in [3.63, 3.8) is 0 Å². The lowest BCUT2D eigenvalue weighted by molar-refractivity contribution is -0.143. The molecule has 1 rings (SSSR count). The number of rotatable bonds is 5. The van der Waals surface area contributed by atoms with E-state index in [1.807, 2.05) is 30.3 Å². The first kappa shape index (κ1) is 14.2. The summed E-state index contributed by atoms with van der Waals surface area (Å²) in [6.45, 7) is 5.31. The van der Waals surface area contributed by atoms with Crippen LogP contribution in [-0.2, 0) is 9.59 Å². The summed E-state index contributed by atoms with van der Waals surface area (Å²) < 4.78 is 0. The first-order valence-electron chi connectivity index (χ1n) is 6.01. The maximum atomic E-state index is 12.0. The van der Waals surface area contributed by atoms with E-state index in [1.165, 1.54) is 0 Å². The molecular weight excluding hydrogens is 230 g/mol. The van der Waals surface area contributed by atoms with Gasteiger partial charge < -0.3 is 10.4 Å². The molecule has 1 amide bonds. The van der Waals surface area contributed by atoms with Gasteiger partial charge in [0.05, 0.1) is 5.92 Å². The number of carboxylic acid groups (broad SMARTS) is 1. The highest BCUT2D eigenvalue weighted by Gasteiger charge is 2.26. The Morgan fingerprint density at radius 1 is 1.11 bits per heavy atom. The number of aliphatic carboxylic acids is 1. The summed E-state index contributed by atoms with van der Waals surface area (Å²) in [5, 5.41) is 11.6. The van der Waals surface area contributed by atoms with E-state index in [9.17, 15) is 9.59 Å². The van der Waals surface area contributed by atoms with Crippen LogP contribution in [0.1, 0.15) is 32.3 Å². The molecule has 2 atom stereocenters. The summed E-state index contributed by atoms with van der Waals surface area (Å²) in [5.74, 6) is -1.76. The number of carbonyl (C=O) groups is 2. The van der Waals surface area contributed by atoms with Gasteiger partial charge in [0.25, 0.3) is 0 Å².